The van der Waals surface area contributed by atoms with Crippen molar-refractivity contribution in [2.45, 2.75) is 37.9 Å². The van der Waals surface area contributed by atoms with E-state index < -0.39 is 0 Å². The molecule has 7 heteroatoms. The molecule has 0 aliphatic carbocycles. The van der Waals surface area contributed by atoms with Crippen LogP contribution in [0, 0.1) is 0 Å². The van der Waals surface area contributed by atoms with E-state index in [1.54, 1.807) is 0 Å². The predicted molar refractivity (Wildman–Crippen MR) is 102 cm³/mol. The van der Waals surface area contributed by atoms with Gasteiger partial charge in [0.25, 0.3) is 0 Å². The van der Waals surface area contributed by atoms with Crippen LogP contribution in [0.25, 0.3) is 0 Å². The van der Waals surface area contributed by atoms with E-state index in [2.05, 4.69) is 37.7 Å². The van der Waals surface area contributed by atoms with E-state index in [-0.39, 0.29) is 6.61 Å². The SMILES string of the molecule is CN1CCN(c2nccc(CN3CC4CCCN4C[C@@H]3CCO)n2)CC1. The van der Waals surface area contributed by atoms with Crippen LogP contribution < -0.4 is 4.90 Å². The van der Waals surface area contributed by atoms with E-state index in [0.29, 0.717) is 12.1 Å². The fraction of sp³-hybridized carbons (Fsp3) is 0.789. The maximum absolute atomic E-state index is 9.50. The summed E-state index contributed by atoms with van der Waals surface area (Å²) in [6.45, 7) is 8.64. The van der Waals surface area contributed by atoms with Gasteiger partial charge in [-0.25, -0.2) is 9.97 Å². The highest BCUT2D eigenvalue weighted by Gasteiger charge is 2.36. The van der Waals surface area contributed by atoms with E-state index >= 15 is 0 Å². The minimum atomic E-state index is 0.260. The highest BCUT2D eigenvalue weighted by atomic mass is 16.3. The average molecular weight is 361 g/mol. The van der Waals surface area contributed by atoms with Crippen LogP contribution in [0.1, 0.15) is 25.0 Å². The molecule has 3 aliphatic rings. The number of nitrogens with zero attached hydrogens (tertiary/aromatic N) is 6. The quantitative estimate of drug-likeness (QED) is 0.808. The van der Waals surface area contributed by atoms with Crippen LogP contribution in [-0.4, -0.2) is 101 Å². The maximum Gasteiger partial charge on any atom is 0.225 e. The Balaban J connectivity index is 1.44. The number of fused-ring (bicyclic) bond motifs is 1. The van der Waals surface area contributed by atoms with Crippen molar-refractivity contribution in [3.05, 3.63) is 18.0 Å². The van der Waals surface area contributed by atoms with Gasteiger partial charge in [0.1, 0.15) is 0 Å². The lowest BCUT2D eigenvalue weighted by Crippen LogP contribution is -2.55. The number of likely N-dealkylation sites (N-methyl/N-ethyl adjacent to an activating group) is 1. The number of hydrogen-bond donors (Lipinski definition) is 1. The Bertz CT molecular complexity index is 591. The van der Waals surface area contributed by atoms with Gasteiger partial charge in [-0.1, -0.05) is 0 Å². The molecule has 0 aromatic carbocycles. The number of aromatic nitrogens is 2. The molecule has 1 aromatic heterocycles. The Labute approximate surface area is 156 Å². The fourth-order valence-corrected chi connectivity index (χ4v) is 4.60. The van der Waals surface area contributed by atoms with Crippen molar-refractivity contribution in [2.24, 2.45) is 0 Å². The van der Waals surface area contributed by atoms with Crippen molar-refractivity contribution >= 4 is 5.95 Å². The normalized spacial score (nSPS) is 28.5. The minimum Gasteiger partial charge on any atom is -0.396 e. The molecule has 1 aromatic rings. The number of piperazine rings is 2. The number of rotatable bonds is 5. The second kappa shape index (κ2) is 8.17. The first-order valence-corrected chi connectivity index (χ1v) is 10.1. The van der Waals surface area contributed by atoms with Crippen LogP contribution in [0.4, 0.5) is 5.95 Å². The molecule has 3 fully saturated rings. The van der Waals surface area contributed by atoms with Crippen molar-refractivity contribution in [3.8, 4) is 0 Å². The van der Waals surface area contributed by atoms with Gasteiger partial charge in [-0.3, -0.25) is 9.80 Å². The lowest BCUT2D eigenvalue weighted by molar-refractivity contribution is 0.0326. The predicted octanol–water partition coefficient (Wildman–Crippen LogP) is 0.259. The first-order chi connectivity index (χ1) is 12.7. The summed E-state index contributed by atoms with van der Waals surface area (Å²) < 4.78 is 0. The van der Waals surface area contributed by atoms with Crippen LogP contribution in [-0.2, 0) is 6.54 Å². The molecule has 0 saturated carbocycles. The smallest absolute Gasteiger partial charge is 0.225 e. The zero-order valence-corrected chi connectivity index (χ0v) is 15.9. The summed E-state index contributed by atoms with van der Waals surface area (Å²) >= 11 is 0. The first kappa shape index (κ1) is 18.1. The van der Waals surface area contributed by atoms with Crippen LogP contribution >= 0.6 is 0 Å². The number of anilines is 1. The zero-order chi connectivity index (χ0) is 17.9. The Morgan fingerprint density at radius 2 is 2.00 bits per heavy atom. The summed E-state index contributed by atoms with van der Waals surface area (Å²) in [6.07, 6.45) is 5.37. The van der Waals surface area contributed by atoms with Gasteiger partial charge in [-0.2, -0.15) is 0 Å². The molecule has 0 bridgehead atoms. The molecule has 3 saturated heterocycles. The van der Waals surface area contributed by atoms with Crippen LogP contribution in [0.5, 0.6) is 0 Å². The monoisotopic (exact) mass is 360 g/mol. The molecule has 3 aliphatic heterocycles. The van der Waals surface area contributed by atoms with Crippen LogP contribution in [0.15, 0.2) is 12.3 Å². The van der Waals surface area contributed by atoms with E-state index in [1.807, 2.05) is 6.20 Å². The Hall–Kier alpha value is -1.28. The Kier molecular flexibility index (Phi) is 5.69. The summed E-state index contributed by atoms with van der Waals surface area (Å²) in [7, 11) is 2.17. The number of aliphatic hydroxyl groups is 1. The summed E-state index contributed by atoms with van der Waals surface area (Å²) in [5.41, 5.74) is 1.10. The molecule has 1 N–H and O–H groups in total. The molecule has 144 valence electrons. The van der Waals surface area contributed by atoms with Crippen molar-refractivity contribution in [2.75, 3.05) is 64.4 Å². The van der Waals surface area contributed by atoms with Gasteiger partial charge >= 0.3 is 0 Å². The van der Waals surface area contributed by atoms with Crippen LogP contribution in [0.2, 0.25) is 0 Å². The summed E-state index contributed by atoms with van der Waals surface area (Å²) in [6, 6.07) is 3.16. The fourth-order valence-electron chi connectivity index (χ4n) is 4.60. The number of aliphatic hydroxyl groups excluding tert-OH is 1. The van der Waals surface area contributed by atoms with Gasteiger partial charge in [0.05, 0.1) is 5.69 Å². The molecule has 0 radical (unpaired) electrons. The standard InChI is InChI=1S/C19H32N6O/c1-22-8-10-23(11-9-22)19-20-6-4-16(21-19)13-25-15-17-3-2-7-24(17)14-18(25)5-12-26/h4,6,17-18,26H,2-3,5,7-15H2,1H3/t17?,18-/m0/s1. The molecule has 26 heavy (non-hydrogen) atoms. The van der Waals surface area contributed by atoms with E-state index in [0.717, 1.165) is 63.9 Å². The zero-order valence-electron chi connectivity index (χ0n) is 15.9. The van der Waals surface area contributed by atoms with Crippen LogP contribution in [0.3, 0.4) is 0 Å². The third-order valence-corrected chi connectivity index (χ3v) is 6.22. The first-order valence-electron chi connectivity index (χ1n) is 10.1. The third kappa shape index (κ3) is 4.01. The second-order valence-electron chi connectivity index (χ2n) is 8.02. The Morgan fingerprint density at radius 3 is 2.81 bits per heavy atom. The third-order valence-electron chi connectivity index (χ3n) is 6.22. The number of hydrogen-bond acceptors (Lipinski definition) is 7. The molecule has 0 spiro atoms. The van der Waals surface area contributed by atoms with E-state index in [1.165, 1.54) is 19.4 Å². The molecular weight excluding hydrogens is 328 g/mol. The van der Waals surface area contributed by atoms with Gasteiger partial charge in [0, 0.05) is 70.7 Å². The van der Waals surface area contributed by atoms with Gasteiger partial charge in [0.2, 0.25) is 5.95 Å². The van der Waals surface area contributed by atoms with Crippen molar-refractivity contribution in [3.63, 3.8) is 0 Å². The maximum atomic E-state index is 9.50. The van der Waals surface area contributed by atoms with E-state index in [4.69, 9.17) is 4.98 Å². The lowest BCUT2D eigenvalue weighted by atomic mass is 10.0. The highest BCUT2D eigenvalue weighted by Crippen LogP contribution is 2.27. The minimum absolute atomic E-state index is 0.260. The molecule has 7 nitrogen and oxygen atoms in total. The van der Waals surface area contributed by atoms with Gasteiger partial charge in [0.15, 0.2) is 0 Å². The summed E-state index contributed by atoms with van der Waals surface area (Å²) in [5.74, 6) is 0.869. The second-order valence-corrected chi connectivity index (χ2v) is 8.02. The highest BCUT2D eigenvalue weighted by molar-refractivity contribution is 5.31. The largest absolute Gasteiger partial charge is 0.396 e. The summed E-state index contributed by atoms with van der Waals surface area (Å²) in [4.78, 5) is 19.2. The molecular formula is C19H32N6O. The van der Waals surface area contributed by atoms with Crippen molar-refractivity contribution < 1.29 is 5.11 Å². The van der Waals surface area contributed by atoms with Gasteiger partial charge in [-0.15, -0.1) is 0 Å². The molecule has 0 amide bonds. The van der Waals surface area contributed by atoms with Crippen molar-refractivity contribution in [1.29, 1.82) is 0 Å². The average Bonchev–Trinajstić information content (AvgIpc) is 3.10. The molecule has 1 unspecified atom stereocenters. The molecule has 4 rings (SSSR count). The van der Waals surface area contributed by atoms with Crippen molar-refractivity contribution in [1.82, 2.24) is 24.7 Å². The van der Waals surface area contributed by atoms with Gasteiger partial charge < -0.3 is 14.9 Å². The Morgan fingerprint density at radius 1 is 1.15 bits per heavy atom. The summed E-state index contributed by atoms with van der Waals surface area (Å²) in [5, 5.41) is 9.50. The van der Waals surface area contributed by atoms with E-state index in [9.17, 15) is 5.11 Å². The lowest BCUT2D eigenvalue weighted by Gasteiger charge is -2.43. The molecule has 2 atom stereocenters. The topological polar surface area (TPSA) is 59.0 Å². The molecule has 4 heterocycles. The van der Waals surface area contributed by atoms with Gasteiger partial charge in [-0.05, 0) is 38.9 Å².